The second kappa shape index (κ2) is 6.59. The summed E-state index contributed by atoms with van der Waals surface area (Å²) in [4.78, 5) is 10.7. The third-order valence-corrected chi connectivity index (χ3v) is 2.82. The van der Waals surface area contributed by atoms with E-state index in [2.05, 4.69) is 24.4 Å². The van der Waals surface area contributed by atoms with E-state index in [-0.39, 0.29) is 12.1 Å². The van der Waals surface area contributed by atoms with E-state index in [0.29, 0.717) is 6.61 Å². The van der Waals surface area contributed by atoms with Gasteiger partial charge in [-0.3, -0.25) is 0 Å². The largest absolute Gasteiger partial charge is 0.447 e. The highest BCUT2D eigenvalue weighted by molar-refractivity contribution is 5.70. The first-order valence-corrected chi connectivity index (χ1v) is 6.25. The molecule has 19 heavy (non-hydrogen) atoms. The van der Waals surface area contributed by atoms with Gasteiger partial charge in [0.15, 0.2) is 0 Å². The van der Waals surface area contributed by atoms with E-state index < -0.39 is 0 Å². The highest BCUT2D eigenvalue weighted by Crippen LogP contribution is 2.16. The van der Waals surface area contributed by atoms with Crippen molar-refractivity contribution in [1.82, 2.24) is 5.32 Å². The van der Waals surface area contributed by atoms with Crippen LogP contribution in [0.5, 0.6) is 0 Å². The van der Waals surface area contributed by atoms with Gasteiger partial charge in [-0.1, -0.05) is 66.2 Å². The molecule has 1 N–H and O–H groups in total. The third kappa shape index (κ3) is 4.14. The first kappa shape index (κ1) is 13.1. The van der Waals surface area contributed by atoms with Crippen LogP contribution in [0.4, 0.5) is 4.79 Å². The average Bonchev–Trinajstić information content (AvgIpc) is 2.88. The summed E-state index contributed by atoms with van der Waals surface area (Å²) in [5.74, 6) is 0. The molecule has 1 amide bonds. The number of hydrogen-bond acceptors (Lipinski definition) is 2. The number of cyclic esters (lactones) is 1. The molecule has 0 bridgehead atoms. The number of benzene rings is 2. The normalized spacial score (nSPS) is 16.9. The van der Waals surface area contributed by atoms with Gasteiger partial charge in [-0.25, -0.2) is 4.79 Å². The van der Waals surface area contributed by atoms with Gasteiger partial charge in [-0.15, -0.1) is 0 Å². The van der Waals surface area contributed by atoms with Gasteiger partial charge in [0.2, 0.25) is 0 Å². The third-order valence-electron chi connectivity index (χ3n) is 2.82. The maximum absolute atomic E-state index is 10.7. The highest BCUT2D eigenvalue weighted by Gasteiger charge is 2.22. The van der Waals surface area contributed by atoms with Crippen LogP contribution in [0.2, 0.25) is 0 Å². The molecule has 3 rings (SSSR count). The summed E-state index contributed by atoms with van der Waals surface area (Å²) < 4.78 is 4.77. The van der Waals surface area contributed by atoms with Crippen LogP contribution in [0.25, 0.3) is 0 Å². The highest BCUT2D eigenvalue weighted by atomic mass is 16.6. The molecular weight excluding hydrogens is 238 g/mol. The average molecular weight is 255 g/mol. The van der Waals surface area contributed by atoms with Gasteiger partial charge in [0.05, 0.1) is 6.04 Å². The molecule has 1 atom stereocenters. The molecule has 0 aliphatic carbocycles. The maximum Gasteiger partial charge on any atom is 0.407 e. The molecule has 2 aromatic rings. The minimum Gasteiger partial charge on any atom is -0.447 e. The molecule has 3 heteroatoms. The fourth-order valence-electron chi connectivity index (χ4n) is 1.78. The van der Waals surface area contributed by atoms with Crippen LogP contribution in [0.15, 0.2) is 60.7 Å². The predicted molar refractivity (Wildman–Crippen MR) is 74.8 cm³/mol. The molecule has 1 heterocycles. The number of carbonyl (C=O) groups is 1. The number of aryl methyl sites for hydroxylation is 1. The summed E-state index contributed by atoms with van der Waals surface area (Å²) >= 11 is 0. The first-order chi connectivity index (χ1) is 9.25. The van der Waals surface area contributed by atoms with Crippen LogP contribution < -0.4 is 5.32 Å². The zero-order chi connectivity index (χ0) is 13.5. The quantitative estimate of drug-likeness (QED) is 0.847. The predicted octanol–water partition coefficient (Wildman–Crippen LogP) is 3.46. The fraction of sp³-hybridized carbons (Fsp3) is 0.188. The van der Waals surface area contributed by atoms with Crippen LogP contribution >= 0.6 is 0 Å². The molecule has 1 saturated heterocycles. The van der Waals surface area contributed by atoms with Crippen molar-refractivity contribution in [3.63, 3.8) is 0 Å². The van der Waals surface area contributed by atoms with Crippen molar-refractivity contribution < 1.29 is 9.53 Å². The van der Waals surface area contributed by atoms with Gasteiger partial charge in [0.25, 0.3) is 0 Å². The Morgan fingerprint density at radius 1 is 1.00 bits per heavy atom. The summed E-state index contributed by atoms with van der Waals surface area (Å²) in [5, 5.41) is 2.71. The molecule has 1 unspecified atom stereocenters. The van der Waals surface area contributed by atoms with Gasteiger partial charge in [0.1, 0.15) is 6.61 Å². The van der Waals surface area contributed by atoms with E-state index in [9.17, 15) is 4.79 Å². The fourth-order valence-corrected chi connectivity index (χ4v) is 1.78. The number of nitrogens with one attached hydrogen (secondary N) is 1. The Balaban J connectivity index is 0.000000163. The molecular formula is C16H17NO2. The minimum atomic E-state index is -0.330. The lowest BCUT2D eigenvalue weighted by atomic mass is 10.1. The van der Waals surface area contributed by atoms with Crippen molar-refractivity contribution >= 4 is 6.09 Å². The van der Waals surface area contributed by atoms with Crippen LogP contribution in [-0.2, 0) is 4.74 Å². The van der Waals surface area contributed by atoms with Crippen molar-refractivity contribution in [2.75, 3.05) is 6.61 Å². The standard InChI is InChI=1S/C9H9NO2.C7H8/c11-9-10-8(6-12-9)7-4-2-1-3-5-7;1-7-5-3-2-4-6-7/h1-5,8H,6H2,(H,10,11);2-6H,1H3. The SMILES string of the molecule is Cc1ccccc1.O=C1NC(c2ccccc2)CO1. The molecule has 0 radical (unpaired) electrons. The summed E-state index contributed by atoms with van der Waals surface area (Å²) in [7, 11) is 0. The summed E-state index contributed by atoms with van der Waals surface area (Å²) in [6, 6.07) is 20.1. The van der Waals surface area contributed by atoms with Crippen molar-refractivity contribution in [2.24, 2.45) is 0 Å². The maximum atomic E-state index is 10.7. The van der Waals surface area contributed by atoms with E-state index in [4.69, 9.17) is 4.74 Å². The second-order valence-corrected chi connectivity index (χ2v) is 4.36. The van der Waals surface area contributed by atoms with Crippen molar-refractivity contribution in [2.45, 2.75) is 13.0 Å². The Morgan fingerprint density at radius 2 is 1.58 bits per heavy atom. The van der Waals surface area contributed by atoms with Gasteiger partial charge < -0.3 is 10.1 Å². The number of amides is 1. The van der Waals surface area contributed by atoms with Crippen molar-refractivity contribution in [3.05, 3.63) is 71.8 Å². The van der Waals surface area contributed by atoms with E-state index >= 15 is 0 Å². The van der Waals surface area contributed by atoms with Crippen molar-refractivity contribution in [3.8, 4) is 0 Å². The van der Waals surface area contributed by atoms with E-state index in [1.54, 1.807) is 0 Å². The smallest absolute Gasteiger partial charge is 0.407 e. The lowest BCUT2D eigenvalue weighted by Gasteiger charge is -2.05. The molecule has 0 spiro atoms. The Labute approximate surface area is 113 Å². The number of rotatable bonds is 1. The molecule has 0 aromatic heterocycles. The van der Waals surface area contributed by atoms with Crippen LogP contribution in [0.1, 0.15) is 17.2 Å². The molecule has 1 fully saturated rings. The molecule has 98 valence electrons. The summed E-state index contributed by atoms with van der Waals surface area (Å²) in [6.45, 7) is 2.52. The number of carbonyl (C=O) groups excluding carboxylic acids is 1. The monoisotopic (exact) mass is 255 g/mol. The van der Waals surface area contributed by atoms with Crippen LogP contribution in [0.3, 0.4) is 0 Å². The van der Waals surface area contributed by atoms with Crippen LogP contribution in [-0.4, -0.2) is 12.7 Å². The van der Waals surface area contributed by atoms with Gasteiger partial charge in [0, 0.05) is 0 Å². The zero-order valence-electron chi connectivity index (χ0n) is 10.9. The Bertz CT molecular complexity index is 511. The lowest BCUT2D eigenvalue weighted by Crippen LogP contribution is -2.17. The Hall–Kier alpha value is -2.29. The number of ether oxygens (including phenoxy) is 1. The Kier molecular flexibility index (Phi) is 4.56. The van der Waals surface area contributed by atoms with Gasteiger partial charge in [-0.05, 0) is 12.5 Å². The van der Waals surface area contributed by atoms with E-state index in [1.807, 2.05) is 48.5 Å². The lowest BCUT2D eigenvalue weighted by molar-refractivity contribution is 0.177. The second-order valence-electron chi connectivity index (χ2n) is 4.36. The van der Waals surface area contributed by atoms with Gasteiger partial charge in [-0.2, -0.15) is 0 Å². The molecule has 2 aromatic carbocycles. The topological polar surface area (TPSA) is 38.3 Å². The number of hydrogen-bond donors (Lipinski definition) is 1. The summed E-state index contributed by atoms with van der Waals surface area (Å²) in [6.07, 6.45) is -0.330. The summed E-state index contributed by atoms with van der Waals surface area (Å²) in [5.41, 5.74) is 2.41. The van der Waals surface area contributed by atoms with Gasteiger partial charge >= 0.3 is 6.09 Å². The van der Waals surface area contributed by atoms with E-state index in [0.717, 1.165) is 5.56 Å². The van der Waals surface area contributed by atoms with Crippen LogP contribution in [0, 0.1) is 6.92 Å². The van der Waals surface area contributed by atoms with Crippen molar-refractivity contribution in [1.29, 1.82) is 0 Å². The Morgan fingerprint density at radius 3 is 2.00 bits per heavy atom. The number of alkyl carbamates (subject to hydrolysis) is 1. The van der Waals surface area contributed by atoms with E-state index in [1.165, 1.54) is 5.56 Å². The first-order valence-electron chi connectivity index (χ1n) is 6.25. The zero-order valence-corrected chi connectivity index (χ0v) is 10.9. The molecule has 3 nitrogen and oxygen atoms in total. The minimum absolute atomic E-state index is 0.0266. The molecule has 1 aliphatic rings. The molecule has 1 aliphatic heterocycles. The molecule has 0 saturated carbocycles.